The number of hydrogen-bond acceptors (Lipinski definition) is 4. The van der Waals surface area contributed by atoms with Crippen molar-refractivity contribution in [2.75, 3.05) is 0 Å². The van der Waals surface area contributed by atoms with E-state index in [1.54, 1.807) is 48.5 Å². The molecule has 126 valence electrons. The van der Waals surface area contributed by atoms with E-state index in [4.69, 9.17) is 0 Å². The summed E-state index contributed by atoms with van der Waals surface area (Å²) in [6.07, 6.45) is 0. The van der Waals surface area contributed by atoms with E-state index < -0.39 is 35.0 Å². The second kappa shape index (κ2) is 6.15. The van der Waals surface area contributed by atoms with Gasteiger partial charge in [0.05, 0.1) is 0 Å². The molecular formula is C22H14O4. The molecule has 4 rings (SSSR count). The third kappa shape index (κ3) is 2.47. The molecule has 26 heavy (non-hydrogen) atoms. The first kappa shape index (κ1) is 16.1. The molecule has 0 atom stereocenters. The largest absolute Gasteiger partial charge is 0.290 e. The van der Waals surface area contributed by atoms with Crippen LogP contribution in [-0.4, -0.2) is 23.1 Å². The van der Waals surface area contributed by atoms with Gasteiger partial charge in [0.1, 0.15) is 11.8 Å². The van der Waals surface area contributed by atoms with Gasteiger partial charge in [0.25, 0.3) is 0 Å². The molecule has 3 aromatic rings. The van der Waals surface area contributed by atoms with Crippen LogP contribution in [0.2, 0.25) is 0 Å². The van der Waals surface area contributed by atoms with E-state index >= 15 is 0 Å². The number of ketones is 4. The molecule has 1 fully saturated rings. The fourth-order valence-corrected chi connectivity index (χ4v) is 3.45. The van der Waals surface area contributed by atoms with Crippen LogP contribution in [0, 0.1) is 0 Å². The minimum atomic E-state index is -1.35. The fourth-order valence-electron chi connectivity index (χ4n) is 3.45. The number of hydrogen-bond donors (Lipinski definition) is 0. The van der Waals surface area contributed by atoms with Crippen molar-refractivity contribution < 1.29 is 19.2 Å². The quantitative estimate of drug-likeness (QED) is 0.530. The Hall–Kier alpha value is -3.40. The van der Waals surface area contributed by atoms with Crippen LogP contribution in [0.3, 0.4) is 0 Å². The molecule has 4 nitrogen and oxygen atoms in total. The number of carbonyl (C=O) groups excluding carboxylic acids is 4. The SMILES string of the molecule is O=C1C(=O)C(c2ccc3ccccc3c2)C(=O)C(=O)C1c1ccccc1. The van der Waals surface area contributed by atoms with Crippen molar-refractivity contribution in [1.29, 1.82) is 0 Å². The summed E-state index contributed by atoms with van der Waals surface area (Å²) < 4.78 is 0. The maximum Gasteiger partial charge on any atom is 0.214 e. The van der Waals surface area contributed by atoms with Crippen LogP contribution in [0.5, 0.6) is 0 Å². The zero-order chi connectivity index (χ0) is 18.3. The zero-order valence-electron chi connectivity index (χ0n) is 13.7. The summed E-state index contributed by atoms with van der Waals surface area (Å²) in [4.78, 5) is 50.6. The van der Waals surface area contributed by atoms with Gasteiger partial charge in [-0.15, -0.1) is 0 Å². The second-order valence-corrected chi connectivity index (χ2v) is 6.34. The average molecular weight is 342 g/mol. The van der Waals surface area contributed by atoms with Crippen LogP contribution >= 0.6 is 0 Å². The van der Waals surface area contributed by atoms with Crippen LogP contribution in [0.25, 0.3) is 10.8 Å². The van der Waals surface area contributed by atoms with Gasteiger partial charge in [0.2, 0.25) is 23.1 Å². The van der Waals surface area contributed by atoms with E-state index in [0.717, 1.165) is 10.8 Å². The van der Waals surface area contributed by atoms with E-state index in [1.807, 2.05) is 24.3 Å². The number of benzene rings is 3. The van der Waals surface area contributed by atoms with Crippen molar-refractivity contribution in [3.8, 4) is 0 Å². The van der Waals surface area contributed by atoms with Gasteiger partial charge in [-0.25, -0.2) is 0 Å². The molecule has 0 bridgehead atoms. The Kier molecular flexibility index (Phi) is 3.81. The molecule has 0 spiro atoms. The molecule has 0 N–H and O–H groups in total. The van der Waals surface area contributed by atoms with Crippen molar-refractivity contribution in [2.45, 2.75) is 11.8 Å². The Labute approximate surface area is 149 Å². The van der Waals surface area contributed by atoms with E-state index in [-0.39, 0.29) is 0 Å². The van der Waals surface area contributed by atoms with Crippen molar-refractivity contribution in [3.05, 3.63) is 83.9 Å². The van der Waals surface area contributed by atoms with E-state index in [9.17, 15) is 19.2 Å². The number of carbonyl (C=O) groups is 4. The van der Waals surface area contributed by atoms with E-state index in [0.29, 0.717) is 11.1 Å². The highest BCUT2D eigenvalue weighted by Gasteiger charge is 2.49. The lowest BCUT2D eigenvalue weighted by atomic mass is 9.72. The third-order valence-electron chi connectivity index (χ3n) is 4.77. The lowest BCUT2D eigenvalue weighted by molar-refractivity contribution is -0.151. The third-order valence-corrected chi connectivity index (χ3v) is 4.77. The monoisotopic (exact) mass is 342 g/mol. The first-order valence-electron chi connectivity index (χ1n) is 8.27. The molecule has 0 radical (unpaired) electrons. The minimum Gasteiger partial charge on any atom is -0.290 e. The standard InChI is InChI=1S/C22H14O4/c23-19-17(14-7-2-1-3-8-14)20(24)22(26)18(21(19)25)16-11-10-13-6-4-5-9-15(13)12-16/h1-12,17-18H. The van der Waals surface area contributed by atoms with Gasteiger partial charge in [-0.3, -0.25) is 19.2 Å². The van der Waals surface area contributed by atoms with Crippen LogP contribution in [0.15, 0.2) is 72.8 Å². The van der Waals surface area contributed by atoms with Crippen molar-refractivity contribution >= 4 is 33.9 Å². The lowest BCUT2D eigenvalue weighted by Crippen LogP contribution is -2.46. The maximum atomic E-state index is 12.7. The fraction of sp³-hybridized carbons (Fsp3) is 0.0909. The molecule has 3 aromatic carbocycles. The second-order valence-electron chi connectivity index (χ2n) is 6.34. The minimum absolute atomic E-state index is 0.376. The number of Topliss-reactive ketones (excluding diaryl/α,β-unsaturated/α-hetero) is 4. The Morgan fingerprint density at radius 1 is 0.462 bits per heavy atom. The lowest BCUT2D eigenvalue weighted by Gasteiger charge is -2.24. The molecule has 1 aliphatic rings. The summed E-state index contributed by atoms with van der Waals surface area (Å²) in [5, 5.41) is 1.79. The van der Waals surface area contributed by atoms with Crippen molar-refractivity contribution in [3.63, 3.8) is 0 Å². The number of rotatable bonds is 2. The summed E-state index contributed by atoms with van der Waals surface area (Å²) in [5.74, 6) is -5.96. The summed E-state index contributed by atoms with van der Waals surface area (Å²) in [6.45, 7) is 0. The van der Waals surface area contributed by atoms with Crippen molar-refractivity contribution in [1.82, 2.24) is 0 Å². The van der Waals surface area contributed by atoms with Crippen LogP contribution in [0.1, 0.15) is 23.0 Å². The number of fused-ring (bicyclic) bond motifs is 1. The zero-order valence-corrected chi connectivity index (χ0v) is 13.7. The molecule has 1 saturated carbocycles. The molecule has 1 aliphatic carbocycles. The first-order valence-corrected chi connectivity index (χ1v) is 8.27. The van der Waals surface area contributed by atoms with Gasteiger partial charge >= 0.3 is 0 Å². The summed E-state index contributed by atoms with van der Waals surface area (Å²) in [6, 6.07) is 20.8. The highest BCUT2D eigenvalue weighted by atomic mass is 16.2. The molecule has 4 heteroatoms. The summed E-state index contributed by atoms with van der Waals surface area (Å²) in [7, 11) is 0. The Morgan fingerprint density at radius 3 is 1.58 bits per heavy atom. The highest BCUT2D eigenvalue weighted by Crippen LogP contribution is 2.33. The molecule has 0 amide bonds. The predicted octanol–water partition coefficient (Wildman–Crippen LogP) is 3.00. The Morgan fingerprint density at radius 2 is 0.962 bits per heavy atom. The van der Waals surface area contributed by atoms with Crippen LogP contribution in [0.4, 0.5) is 0 Å². The molecule has 0 aliphatic heterocycles. The van der Waals surface area contributed by atoms with Crippen molar-refractivity contribution in [2.24, 2.45) is 0 Å². The van der Waals surface area contributed by atoms with Gasteiger partial charge in [-0.2, -0.15) is 0 Å². The molecule has 0 unspecified atom stereocenters. The average Bonchev–Trinajstić information content (AvgIpc) is 2.67. The van der Waals surface area contributed by atoms with E-state index in [2.05, 4.69) is 0 Å². The Bertz CT molecular complexity index is 1040. The molecule has 0 aromatic heterocycles. The Balaban J connectivity index is 1.77. The van der Waals surface area contributed by atoms with Gasteiger partial charge in [0.15, 0.2) is 0 Å². The summed E-state index contributed by atoms with van der Waals surface area (Å²) >= 11 is 0. The van der Waals surface area contributed by atoms with Crippen LogP contribution in [-0.2, 0) is 19.2 Å². The maximum absolute atomic E-state index is 12.7. The van der Waals surface area contributed by atoms with E-state index in [1.165, 1.54) is 0 Å². The normalized spacial score (nSPS) is 20.6. The van der Waals surface area contributed by atoms with Crippen LogP contribution < -0.4 is 0 Å². The first-order chi connectivity index (χ1) is 12.6. The van der Waals surface area contributed by atoms with Gasteiger partial charge in [0, 0.05) is 0 Å². The molecular weight excluding hydrogens is 328 g/mol. The highest BCUT2D eigenvalue weighted by molar-refractivity contribution is 6.63. The van der Waals surface area contributed by atoms with Gasteiger partial charge in [-0.1, -0.05) is 66.7 Å². The van der Waals surface area contributed by atoms with Gasteiger partial charge < -0.3 is 0 Å². The summed E-state index contributed by atoms with van der Waals surface area (Å²) in [5.41, 5.74) is 0.757. The topological polar surface area (TPSA) is 68.3 Å². The van der Waals surface area contributed by atoms with Gasteiger partial charge in [-0.05, 0) is 28.0 Å². The molecule has 0 saturated heterocycles. The smallest absolute Gasteiger partial charge is 0.214 e. The predicted molar refractivity (Wildman–Crippen MR) is 95.9 cm³/mol. The molecule has 0 heterocycles.